The lowest BCUT2D eigenvalue weighted by Crippen LogP contribution is -2.40. The van der Waals surface area contributed by atoms with Gasteiger partial charge in [0.1, 0.15) is 18.0 Å². The third-order valence-corrected chi connectivity index (χ3v) is 4.52. The predicted octanol–water partition coefficient (Wildman–Crippen LogP) is 2.61. The van der Waals surface area contributed by atoms with Gasteiger partial charge in [-0.2, -0.15) is 0 Å². The van der Waals surface area contributed by atoms with E-state index in [-0.39, 0.29) is 0 Å². The van der Waals surface area contributed by atoms with Crippen molar-refractivity contribution in [3.63, 3.8) is 0 Å². The molecule has 0 aromatic carbocycles. The number of anilines is 2. The number of aromatic nitrogens is 2. The smallest absolute Gasteiger partial charge is 0.134 e. The van der Waals surface area contributed by atoms with Gasteiger partial charge >= 0.3 is 0 Å². The molecular formula is C16H29N5. The molecule has 21 heavy (non-hydrogen) atoms. The average molecular weight is 291 g/mol. The highest BCUT2D eigenvalue weighted by atomic mass is 15.1. The zero-order chi connectivity index (χ0) is 15.3. The molecule has 0 amide bonds. The summed E-state index contributed by atoms with van der Waals surface area (Å²) in [6.07, 6.45) is 5.06. The maximum Gasteiger partial charge on any atom is 0.134 e. The zero-order valence-corrected chi connectivity index (χ0v) is 13.9. The number of likely N-dealkylation sites (tertiary alicyclic amines) is 1. The fraction of sp³-hybridized carbons (Fsp3) is 0.750. The van der Waals surface area contributed by atoms with Gasteiger partial charge in [-0.3, -0.25) is 0 Å². The second-order valence-electron chi connectivity index (χ2n) is 6.40. The van der Waals surface area contributed by atoms with Gasteiger partial charge < -0.3 is 15.5 Å². The molecular weight excluding hydrogens is 262 g/mol. The Labute approximate surface area is 128 Å². The van der Waals surface area contributed by atoms with Gasteiger partial charge in [0.05, 0.1) is 0 Å². The van der Waals surface area contributed by atoms with Crippen LogP contribution in [0.1, 0.15) is 39.2 Å². The van der Waals surface area contributed by atoms with Crippen LogP contribution in [0.25, 0.3) is 0 Å². The van der Waals surface area contributed by atoms with Crippen LogP contribution in [0.2, 0.25) is 0 Å². The summed E-state index contributed by atoms with van der Waals surface area (Å²) in [5.74, 6) is 1.95. The Morgan fingerprint density at radius 3 is 2.33 bits per heavy atom. The quantitative estimate of drug-likeness (QED) is 0.844. The second-order valence-corrected chi connectivity index (χ2v) is 6.40. The third-order valence-electron chi connectivity index (χ3n) is 4.52. The lowest BCUT2D eigenvalue weighted by atomic mass is 9.80. The molecule has 1 aliphatic heterocycles. The van der Waals surface area contributed by atoms with Crippen LogP contribution in [-0.2, 0) is 6.42 Å². The number of piperidine rings is 1. The average Bonchev–Trinajstić information content (AvgIpc) is 2.49. The Morgan fingerprint density at radius 1 is 1.14 bits per heavy atom. The summed E-state index contributed by atoms with van der Waals surface area (Å²) < 4.78 is 0. The monoisotopic (exact) mass is 291 g/mol. The highest BCUT2D eigenvalue weighted by Gasteiger charge is 2.29. The van der Waals surface area contributed by atoms with E-state index in [1.807, 2.05) is 0 Å². The lowest BCUT2D eigenvalue weighted by molar-refractivity contribution is 0.150. The van der Waals surface area contributed by atoms with Gasteiger partial charge in [-0.05, 0) is 51.7 Å². The Bertz CT molecular complexity index is 452. The summed E-state index contributed by atoms with van der Waals surface area (Å²) >= 11 is 0. The summed E-state index contributed by atoms with van der Waals surface area (Å²) in [5.41, 5.74) is 1.55. The molecule has 0 spiro atoms. The first-order valence-corrected chi connectivity index (χ1v) is 8.08. The van der Waals surface area contributed by atoms with Gasteiger partial charge in [-0.25, -0.2) is 9.97 Å². The largest absolute Gasteiger partial charge is 0.370 e. The number of nitrogens with zero attached hydrogens (tertiary/aromatic N) is 3. The first-order chi connectivity index (χ1) is 10.1. The Hall–Kier alpha value is -1.36. The van der Waals surface area contributed by atoms with Gasteiger partial charge in [0.25, 0.3) is 0 Å². The molecule has 1 aliphatic rings. The van der Waals surface area contributed by atoms with E-state index >= 15 is 0 Å². The Balaban J connectivity index is 2.04. The molecule has 0 atom stereocenters. The Morgan fingerprint density at radius 2 is 1.76 bits per heavy atom. The van der Waals surface area contributed by atoms with Crippen molar-refractivity contribution in [1.82, 2.24) is 14.9 Å². The number of hydrogen-bond acceptors (Lipinski definition) is 5. The van der Waals surface area contributed by atoms with Crippen LogP contribution in [0.5, 0.6) is 0 Å². The minimum atomic E-state index is 0.362. The highest BCUT2D eigenvalue weighted by molar-refractivity contribution is 5.57. The molecule has 5 nitrogen and oxygen atoms in total. The third kappa shape index (κ3) is 4.06. The van der Waals surface area contributed by atoms with Gasteiger partial charge in [-0.1, -0.05) is 13.8 Å². The van der Waals surface area contributed by atoms with E-state index < -0.39 is 0 Å². The summed E-state index contributed by atoms with van der Waals surface area (Å²) in [6.45, 7) is 10.9. The van der Waals surface area contributed by atoms with Crippen molar-refractivity contribution in [1.29, 1.82) is 0 Å². The van der Waals surface area contributed by atoms with Crippen molar-refractivity contribution in [3.8, 4) is 0 Å². The molecule has 1 aromatic rings. The molecule has 2 rings (SSSR count). The molecule has 0 unspecified atom stereocenters. The Kier molecular flexibility index (Phi) is 5.39. The molecule has 0 saturated carbocycles. The number of nitrogens with one attached hydrogen (secondary N) is 2. The topological polar surface area (TPSA) is 53.1 Å². The summed E-state index contributed by atoms with van der Waals surface area (Å²) in [4.78, 5) is 11.2. The summed E-state index contributed by atoms with van der Waals surface area (Å²) in [6, 6.07) is 0. The van der Waals surface area contributed by atoms with Crippen molar-refractivity contribution >= 4 is 11.6 Å². The standard InChI is InChI=1S/C16H29N5/c1-5-13-14(17-6-2)19-12-20-15(13)18-11-16(3)7-9-21(4)10-8-16/h12H,5-11H2,1-4H3,(H2,17,18,19,20). The summed E-state index contributed by atoms with van der Waals surface area (Å²) in [7, 11) is 2.20. The minimum Gasteiger partial charge on any atom is -0.370 e. The van der Waals surface area contributed by atoms with E-state index in [9.17, 15) is 0 Å². The van der Waals surface area contributed by atoms with E-state index in [1.165, 1.54) is 31.5 Å². The van der Waals surface area contributed by atoms with Crippen LogP contribution in [-0.4, -0.2) is 48.1 Å². The van der Waals surface area contributed by atoms with E-state index in [0.29, 0.717) is 5.41 Å². The lowest BCUT2D eigenvalue weighted by Gasteiger charge is -2.38. The first kappa shape index (κ1) is 16.0. The van der Waals surface area contributed by atoms with E-state index in [4.69, 9.17) is 0 Å². The van der Waals surface area contributed by atoms with E-state index in [2.05, 4.69) is 53.3 Å². The van der Waals surface area contributed by atoms with Gasteiger partial charge in [0.2, 0.25) is 0 Å². The van der Waals surface area contributed by atoms with Gasteiger partial charge in [0, 0.05) is 18.7 Å². The maximum atomic E-state index is 4.45. The molecule has 1 fully saturated rings. The van der Waals surface area contributed by atoms with Crippen LogP contribution in [0.3, 0.4) is 0 Å². The van der Waals surface area contributed by atoms with E-state index in [0.717, 1.165) is 31.1 Å². The van der Waals surface area contributed by atoms with Crippen LogP contribution in [0, 0.1) is 5.41 Å². The molecule has 1 aromatic heterocycles. The van der Waals surface area contributed by atoms with Crippen molar-refractivity contribution in [2.24, 2.45) is 5.41 Å². The van der Waals surface area contributed by atoms with Crippen LogP contribution in [0.4, 0.5) is 11.6 Å². The van der Waals surface area contributed by atoms with Crippen LogP contribution >= 0.6 is 0 Å². The normalized spacial score (nSPS) is 18.5. The molecule has 1 saturated heterocycles. The van der Waals surface area contributed by atoms with Gasteiger partial charge in [0.15, 0.2) is 0 Å². The van der Waals surface area contributed by atoms with Crippen LogP contribution in [0.15, 0.2) is 6.33 Å². The second kappa shape index (κ2) is 7.07. The molecule has 0 aliphatic carbocycles. The van der Waals surface area contributed by atoms with Crippen LogP contribution < -0.4 is 10.6 Å². The fourth-order valence-corrected chi connectivity index (χ4v) is 2.85. The van der Waals surface area contributed by atoms with Crippen molar-refractivity contribution in [2.45, 2.75) is 40.0 Å². The molecule has 2 heterocycles. The summed E-state index contributed by atoms with van der Waals surface area (Å²) in [5, 5.41) is 6.90. The van der Waals surface area contributed by atoms with Crippen molar-refractivity contribution < 1.29 is 0 Å². The molecule has 0 radical (unpaired) electrons. The zero-order valence-electron chi connectivity index (χ0n) is 13.9. The molecule has 0 bridgehead atoms. The van der Waals surface area contributed by atoms with Crippen molar-refractivity contribution in [3.05, 3.63) is 11.9 Å². The molecule has 118 valence electrons. The first-order valence-electron chi connectivity index (χ1n) is 8.08. The number of rotatable bonds is 6. The van der Waals surface area contributed by atoms with Crippen molar-refractivity contribution in [2.75, 3.05) is 43.9 Å². The van der Waals surface area contributed by atoms with E-state index in [1.54, 1.807) is 6.33 Å². The highest BCUT2D eigenvalue weighted by Crippen LogP contribution is 2.31. The number of hydrogen-bond donors (Lipinski definition) is 2. The molecule has 5 heteroatoms. The fourth-order valence-electron chi connectivity index (χ4n) is 2.85. The maximum absolute atomic E-state index is 4.45. The molecule has 2 N–H and O–H groups in total. The predicted molar refractivity (Wildman–Crippen MR) is 88.9 cm³/mol. The van der Waals surface area contributed by atoms with Gasteiger partial charge in [-0.15, -0.1) is 0 Å². The SMILES string of the molecule is CCNc1ncnc(NCC2(C)CCN(C)CC2)c1CC. The minimum absolute atomic E-state index is 0.362.